The number of anilines is 1. The van der Waals surface area contributed by atoms with Crippen LogP contribution in [0.2, 0.25) is 0 Å². The number of rotatable bonds is 5. The molecule has 2 amide bonds. The molecule has 0 unspecified atom stereocenters. The van der Waals surface area contributed by atoms with Gasteiger partial charge in [0.15, 0.2) is 0 Å². The van der Waals surface area contributed by atoms with Crippen LogP contribution < -0.4 is 11.5 Å². The van der Waals surface area contributed by atoms with Gasteiger partial charge < -0.3 is 21.1 Å². The fourth-order valence-corrected chi connectivity index (χ4v) is 3.32. The number of morpholine rings is 1. The summed E-state index contributed by atoms with van der Waals surface area (Å²) in [6.07, 6.45) is 0.569. The average molecular weight is 359 g/mol. The number of ether oxygens (including phenoxy) is 1. The predicted octanol–water partition coefficient (Wildman–Crippen LogP) is 1.16. The number of nitrogen functional groups attached to an aromatic ring is 1. The molecule has 1 saturated heterocycles. The van der Waals surface area contributed by atoms with E-state index in [-0.39, 0.29) is 17.8 Å². The summed E-state index contributed by atoms with van der Waals surface area (Å²) in [6.45, 7) is 6.28. The normalized spacial score (nSPS) is 16.2. The minimum absolute atomic E-state index is 0.0584. The Morgan fingerprint density at radius 2 is 1.96 bits per heavy atom. The van der Waals surface area contributed by atoms with Crippen molar-refractivity contribution in [3.8, 4) is 0 Å². The third kappa shape index (κ3) is 3.50. The second kappa shape index (κ2) is 7.33. The number of nitrogens with zero attached hydrogens (tertiary/aromatic N) is 3. The molecule has 26 heavy (non-hydrogen) atoms. The molecular formula is C18H25N5O3. The number of hydrogen-bond acceptors (Lipinski definition) is 5. The van der Waals surface area contributed by atoms with E-state index in [9.17, 15) is 9.59 Å². The molecule has 140 valence electrons. The van der Waals surface area contributed by atoms with Crippen LogP contribution >= 0.6 is 0 Å². The number of carbonyl (C=O) groups excluding carboxylic acids is 2. The monoisotopic (exact) mass is 359 g/mol. The topological polar surface area (TPSA) is 116 Å². The largest absolute Gasteiger partial charge is 0.378 e. The van der Waals surface area contributed by atoms with Gasteiger partial charge in [0.2, 0.25) is 11.9 Å². The van der Waals surface area contributed by atoms with Crippen molar-refractivity contribution >= 4 is 28.8 Å². The molecule has 0 spiro atoms. The van der Waals surface area contributed by atoms with E-state index in [1.807, 2.05) is 13.8 Å². The van der Waals surface area contributed by atoms with Crippen LogP contribution in [0.1, 0.15) is 36.7 Å². The van der Waals surface area contributed by atoms with Crippen LogP contribution in [0.15, 0.2) is 18.2 Å². The Labute approximate surface area is 152 Å². The van der Waals surface area contributed by atoms with E-state index in [0.717, 1.165) is 0 Å². The molecule has 0 aliphatic carbocycles. The van der Waals surface area contributed by atoms with Gasteiger partial charge in [0.05, 0.1) is 24.2 Å². The fourth-order valence-electron chi connectivity index (χ4n) is 3.32. The van der Waals surface area contributed by atoms with Crippen LogP contribution in [0, 0.1) is 5.92 Å². The summed E-state index contributed by atoms with van der Waals surface area (Å²) in [7, 11) is 0. The summed E-state index contributed by atoms with van der Waals surface area (Å²) < 4.78 is 6.95. The van der Waals surface area contributed by atoms with Crippen molar-refractivity contribution in [2.45, 2.75) is 26.3 Å². The molecule has 1 aliphatic heterocycles. The molecule has 1 atom stereocenters. The Kier molecular flexibility index (Phi) is 5.13. The second-order valence-corrected chi connectivity index (χ2v) is 7.00. The lowest BCUT2D eigenvalue weighted by Gasteiger charge is -2.26. The van der Waals surface area contributed by atoms with E-state index in [1.165, 1.54) is 0 Å². The number of carbonyl (C=O) groups is 2. The summed E-state index contributed by atoms with van der Waals surface area (Å²) >= 11 is 0. The number of benzene rings is 1. The molecule has 1 aromatic carbocycles. The number of aromatic nitrogens is 2. The first-order chi connectivity index (χ1) is 12.4. The van der Waals surface area contributed by atoms with Gasteiger partial charge in [-0.3, -0.25) is 14.2 Å². The Balaban J connectivity index is 1.97. The summed E-state index contributed by atoms with van der Waals surface area (Å²) in [5.74, 6) is -0.0120. The number of primary amides is 1. The standard InChI is InChI=1S/C18H25N5O3/c1-11(2)9-15(16(19)24)23-14-4-3-12(10-13(14)21-18(23)20)17(25)22-5-7-26-8-6-22/h3-4,10-11,15H,5-9H2,1-2H3,(H2,19,24)(H2,20,21)/t15-/m0/s1. The van der Waals surface area contributed by atoms with Gasteiger partial charge in [0.1, 0.15) is 6.04 Å². The van der Waals surface area contributed by atoms with E-state index in [1.54, 1.807) is 27.7 Å². The zero-order valence-corrected chi connectivity index (χ0v) is 15.1. The quantitative estimate of drug-likeness (QED) is 0.831. The zero-order chi connectivity index (χ0) is 18.8. The van der Waals surface area contributed by atoms with Gasteiger partial charge >= 0.3 is 0 Å². The first-order valence-electron chi connectivity index (χ1n) is 8.82. The molecule has 0 bridgehead atoms. The van der Waals surface area contributed by atoms with E-state index in [4.69, 9.17) is 16.2 Å². The van der Waals surface area contributed by atoms with Crippen LogP contribution in [0.3, 0.4) is 0 Å². The van der Waals surface area contributed by atoms with Crippen LogP contribution in [0.4, 0.5) is 5.95 Å². The first-order valence-corrected chi connectivity index (χ1v) is 8.82. The molecule has 1 aromatic heterocycles. The Morgan fingerprint density at radius 3 is 2.58 bits per heavy atom. The molecule has 2 aromatic rings. The van der Waals surface area contributed by atoms with Gasteiger partial charge in [-0.1, -0.05) is 13.8 Å². The minimum atomic E-state index is -0.569. The van der Waals surface area contributed by atoms with E-state index in [0.29, 0.717) is 49.3 Å². The average Bonchev–Trinajstić information content (AvgIpc) is 2.94. The molecule has 4 N–H and O–H groups in total. The van der Waals surface area contributed by atoms with E-state index >= 15 is 0 Å². The van der Waals surface area contributed by atoms with Gasteiger partial charge in [-0.15, -0.1) is 0 Å². The highest BCUT2D eigenvalue weighted by Crippen LogP contribution is 2.28. The van der Waals surface area contributed by atoms with Crippen LogP contribution in [0.5, 0.6) is 0 Å². The zero-order valence-electron chi connectivity index (χ0n) is 15.1. The lowest BCUT2D eigenvalue weighted by atomic mass is 10.0. The third-order valence-corrected chi connectivity index (χ3v) is 4.60. The highest BCUT2D eigenvalue weighted by Gasteiger charge is 2.25. The summed E-state index contributed by atoms with van der Waals surface area (Å²) in [4.78, 5) is 30.7. The number of hydrogen-bond donors (Lipinski definition) is 2. The lowest BCUT2D eigenvalue weighted by molar-refractivity contribution is -0.121. The summed E-state index contributed by atoms with van der Waals surface area (Å²) in [5.41, 5.74) is 13.5. The van der Waals surface area contributed by atoms with Crippen molar-refractivity contribution < 1.29 is 14.3 Å². The molecule has 8 heteroatoms. The number of fused-ring (bicyclic) bond motifs is 1. The van der Waals surface area contributed by atoms with Crippen molar-refractivity contribution in [2.24, 2.45) is 11.7 Å². The van der Waals surface area contributed by atoms with Crippen molar-refractivity contribution in [3.63, 3.8) is 0 Å². The van der Waals surface area contributed by atoms with E-state index in [2.05, 4.69) is 4.98 Å². The smallest absolute Gasteiger partial charge is 0.254 e. The fraction of sp³-hybridized carbons (Fsp3) is 0.500. The summed E-state index contributed by atoms with van der Waals surface area (Å²) in [5, 5.41) is 0. The van der Waals surface area contributed by atoms with Crippen molar-refractivity contribution in [1.29, 1.82) is 0 Å². The summed E-state index contributed by atoms with van der Waals surface area (Å²) in [6, 6.07) is 4.67. The van der Waals surface area contributed by atoms with Crippen molar-refractivity contribution in [3.05, 3.63) is 23.8 Å². The number of amides is 2. The maximum Gasteiger partial charge on any atom is 0.254 e. The lowest BCUT2D eigenvalue weighted by Crippen LogP contribution is -2.40. The van der Waals surface area contributed by atoms with Crippen molar-refractivity contribution in [1.82, 2.24) is 14.5 Å². The molecule has 8 nitrogen and oxygen atoms in total. The highest BCUT2D eigenvalue weighted by atomic mass is 16.5. The maximum atomic E-state index is 12.7. The minimum Gasteiger partial charge on any atom is -0.378 e. The van der Waals surface area contributed by atoms with E-state index < -0.39 is 11.9 Å². The van der Waals surface area contributed by atoms with Crippen LogP contribution in [-0.2, 0) is 9.53 Å². The van der Waals surface area contributed by atoms with Crippen LogP contribution in [0.25, 0.3) is 11.0 Å². The van der Waals surface area contributed by atoms with Gasteiger partial charge in [-0.2, -0.15) is 0 Å². The molecule has 1 fully saturated rings. The van der Waals surface area contributed by atoms with Gasteiger partial charge in [0.25, 0.3) is 5.91 Å². The Morgan fingerprint density at radius 1 is 1.27 bits per heavy atom. The number of imidazole rings is 1. The second-order valence-electron chi connectivity index (χ2n) is 7.00. The number of nitrogens with two attached hydrogens (primary N) is 2. The van der Waals surface area contributed by atoms with Crippen LogP contribution in [-0.4, -0.2) is 52.6 Å². The SMILES string of the molecule is CC(C)C[C@@H](C(N)=O)n1c(N)nc2cc(C(=O)N3CCOCC3)ccc21. The molecule has 0 saturated carbocycles. The van der Waals surface area contributed by atoms with Crippen molar-refractivity contribution in [2.75, 3.05) is 32.0 Å². The molecular weight excluding hydrogens is 334 g/mol. The highest BCUT2D eigenvalue weighted by molar-refractivity contribution is 5.98. The molecule has 3 rings (SSSR count). The molecule has 1 aliphatic rings. The molecule has 2 heterocycles. The van der Waals surface area contributed by atoms with Gasteiger partial charge in [-0.05, 0) is 30.5 Å². The van der Waals surface area contributed by atoms with Gasteiger partial charge in [-0.25, -0.2) is 4.98 Å². The third-order valence-electron chi connectivity index (χ3n) is 4.60. The Bertz CT molecular complexity index is 824. The molecule has 0 radical (unpaired) electrons. The Hall–Kier alpha value is -2.61. The first kappa shape index (κ1) is 18.2. The van der Waals surface area contributed by atoms with Gasteiger partial charge in [0, 0.05) is 18.7 Å². The predicted molar refractivity (Wildman–Crippen MR) is 98.6 cm³/mol. The maximum absolute atomic E-state index is 12.7.